The topological polar surface area (TPSA) is 85.1 Å². The average Bonchev–Trinajstić information content (AvgIpc) is 1.54. The first kappa shape index (κ1) is 82.1. The van der Waals surface area contributed by atoms with E-state index in [-0.39, 0.29) is 54.7 Å². The quantitative estimate of drug-likeness (QED) is 0.0688. The van der Waals surface area contributed by atoms with Gasteiger partial charge in [-0.15, -0.1) is 11.3 Å². The molecule has 14 heterocycles. The van der Waals surface area contributed by atoms with Gasteiger partial charge in [-0.3, -0.25) is 0 Å². The summed E-state index contributed by atoms with van der Waals surface area (Å²) in [6.07, 6.45) is 10.1. The second kappa shape index (κ2) is 34.9. The first-order valence-electron chi connectivity index (χ1n) is 41.7. The Kier molecular flexibility index (Phi) is 23.1. The van der Waals surface area contributed by atoms with Crippen molar-refractivity contribution in [3.63, 3.8) is 0 Å². The number of fused-ring (bicyclic) bond motifs is 6. The van der Waals surface area contributed by atoms with Crippen LogP contribution in [0.3, 0.4) is 0 Å². The van der Waals surface area contributed by atoms with Gasteiger partial charge in [0.05, 0.1) is 5.39 Å². The monoisotopic (exact) mass is 2170 g/mol. The Bertz CT molecular complexity index is 7420. The second-order valence-corrected chi connectivity index (χ2v) is 45.2. The van der Waals surface area contributed by atoms with Gasteiger partial charge < -0.3 is 0 Å². The molecule has 0 unspecified atom stereocenters. The third-order valence-electron chi connectivity index (χ3n) is 24.2. The maximum absolute atomic E-state index is 5.73. The summed E-state index contributed by atoms with van der Waals surface area (Å²) in [6, 6.07) is 122. The van der Waals surface area contributed by atoms with E-state index in [0.717, 1.165) is 82.6 Å². The summed E-state index contributed by atoms with van der Waals surface area (Å²) < 4.78 is 16.5. The standard InChI is InChI=1S/C40H27GeN2.C28H17N2Se.C23H23N2Se.C19H15N2S.2Ir/c1-5-15-29(16-6-1)33-23-13-24-34(30-17-7-2-8-18-30)38(33)37-27-26-35-39-36(25-14-28-42-39)41(40(35)43-37,31-19-9-3-10-20-31)32-21-11-4-12-22-32;1-3-9-19(10-4-1)21-13-7-14-22(20-11-5-2-6-12-20)26(21)24-17-16-23-27-25(15-8-18-29-27)31-28(23)30-24;1-13(2)16-7-5-8-17(14(3)4)21(16)18-11-15-12-25-10-6-9-19-22(25)20(15)23(24-18)26-19;1-11-4-3-5-12(2)15(11)14-7-9-21-10-13-6-8-20-19-16(13)17(21)18(14)22-19;;/h1-25,27-28H;1-15,17-18H;5-11,13-14H,12H2,1-4H3;3-9H,10H2,1-2H3;;/q2*-1;2*+1;;. The molecule has 3 aliphatic rings. The molecule has 0 N–H and O–H groups in total. The van der Waals surface area contributed by atoms with Gasteiger partial charge in [0.1, 0.15) is 9.53 Å². The van der Waals surface area contributed by atoms with Crippen molar-refractivity contribution in [2.75, 3.05) is 0 Å². The van der Waals surface area contributed by atoms with Crippen molar-refractivity contribution in [2.24, 2.45) is 0 Å². The second-order valence-electron chi connectivity index (χ2n) is 32.2. The molecular weight excluding hydrogens is 2080 g/mol. The fourth-order valence-corrected chi connectivity index (χ4v) is 34.8. The molecule has 8 nitrogen and oxygen atoms in total. The number of hydrogen-bond donors (Lipinski definition) is 0. The molecule has 0 aliphatic carbocycles. The van der Waals surface area contributed by atoms with E-state index in [1.165, 1.54) is 142 Å². The van der Waals surface area contributed by atoms with Crippen molar-refractivity contribution in [1.82, 2.24) is 29.9 Å². The number of aryl methyl sites for hydroxylation is 2. The van der Waals surface area contributed by atoms with Crippen LogP contribution < -0.4 is 26.8 Å². The Labute approximate surface area is 767 Å². The molecule has 10 aromatic carbocycles. The molecular formula is C110H82GeIr2N8SSe2. The summed E-state index contributed by atoms with van der Waals surface area (Å²) in [5.41, 5.74) is 33.1. The molecule has 602 valence electrons. The number of nitrogens with zero attached hydrogens (tertiary/aromatic N) is 8. The van der Waals surface area contributed by atoms with Crippen molar-refractivity contribution >= 4 is 131 Å². The van der Waals surface area contributed by atoms with E-state index >= 15 is 0 Å². The van der Waals surface area contributed by atoms with Crippen LogP contribution in [0.1, 0.15) is 72.9 Å². The number of pyridine rings is 8. The molecule has 124 heavy (non-hydrogen) atoms. The van der Waals surface area contributed by atoms with Gasteiger partial charge in [-0.2, -0.15) is 4.57 Å². The van der Waals surface area contributed by atoms with Gasteiger partial charge in [0.15, 0.2) is 12.7 Å². The first-order valence-corrected chi connectivity index (χ1v) is 50.2. The van der Waals surface area contributed by atoms with Crippen LogP contribution in [0.25, 0.3) is 160 Å². The summed E-state index contributed by atoms with van der Waals surface area (Å²) in [5.74, 6) is 0.988. The molecule has 3 aliphatic heterocycles. The molecule has 0 spiro atoms. The maximum atomic E-state index is 5.73. The first-order chi connectivity index (χ1) is 60.0. The van der Waals surface area contributed by atoms with Gasteiger partial charge in [-0.05, 0) is 36.6 Å². The molecule has 14 heteroatoms. The average molecular weight is 2160 g/mol. The van der Waals surface area contributed by atoms with E-state index in [1.807, 2.05) is 42.1 Å². The van der Waals surface area contributed by atoms with E-state index in [2.05, 4.69) is 395 Å². The van der Waals surface area contributed by atoms with Crippen molar-refractivity contribution < 1.29 is 49.3 Å². The zero-order valence-electron chi connectivity index (χ0n) is 69.0. The Hall–Kier alpha value is -11.5. The molecule has 0 fully saturated rings. The van der Waals surface area contributed by atoms with Gasteiger partial charge in [-0.25, -0.2) is 4.98 Å². The van der Waals surface area contributed by atoms with Crippen LogP contribution in [-0.4, -0.2) is 72.2 Å². The van der Waals surface area contributed by atoms with Crippen LogP contribution in [0.15, 0.2) is 353 Å². The van der Waals surface area contributed by atoms with Gasteiger partial charge in [0.25, 0.3) is 0 Å². The number of hydrogen-bond acceptors (Lipinski definition) is 7. The van der Waals surface area contributed by atoms with E-state index in [1.54, 1.807) is 0 Å². The Morgan fingerprint density at radius 3 is 1.48 bits per heavy atom. The molecule has 24 rings (SSSR count). The molecule has 0 atom stereocenters. The SMILES string of the molecule is CC(C)c1cccc(C(C)C)c1-c1cc2c3c(n1)[se]c1ccc[n+](c13)C2.Cc1cccc(C)c1-c1cc[n+]2c3c1sc1nccc(c13)C2.[Ir].[Ir].[c-]1cc(-c2c(-c3ccccc3)cccc2-c2ccccc2)n[c]2c1-c1nccc[c]1[Ge]2([c]1ccccc1)[c]1ccccc1.[c-]1cc(-c2c(-c3ccccc3)cccc2-c2ccccc2)nc2[se]c3cccnc3c12. The summed E-state index contributed by atoms with van der Waals surface area (Å²) in [7, 11) is 0. The summed E-state index contributed by atoms with van der Waals surface area (Å²) in [6.45, 7) is 15.5. The number of benzene rings is 10. The molecule has 21 aromatic rings. The van der Waals surface area contributed by atoms with Crippen LogP contribution in [0.2, 0.25) is 0 Å². The predicted molar refractivity (Wildman–Crippen MR) is 509 cm³/mol. The molecule has 0 amide bonds. The summed E-state index contributed by atoms with van der Waals surface area (Å²) in [5, 5.41) is 3.84. The third-order valence-corrected chi connectivity index (χ3v) is 39.5. The molecule has 2 radical (unpaired) electrons. The van der Waals surface area contributed by atoms with Crippen LogP contribution in [0.4, 0.5) is 0 Å². The molecule has 0 bridgehead atoms. The van der Waals surface area contributed by atoms with Crippen LogP contribution in [0, 0.1) is 26.0 Å². The minimum atomic E-state index is -3.54. The summed E-state index contributed by atoms with van der Waals surface area (Å²) >= 11 is -1.24. The van der Waals surface area contributed by atoms with Gasteiger partial charge in [-0.1, -0.05) is 18.2 Å². The molecule has 11 aromatic heterocycles. The summed E-state index contributed by atoms with van der Waals surface area (Å²) in [4.78, 5) is 31.4. The van der Waals surface area contributed by atoms with Crippen molar-refractivity contribution in [2.45, 2.75) is 66.5 Å². The van der Waals surface area contributed by atoms with Crippen LogP contribution in [0.5, 0.6) is 0 Å². The van der Waals surface area contributed by atoms with E-state index < -0.39 is 13.3 Å². The molecule has 0 saturated heterocycles. The van der Waals surface area contributed by atoms with E-state index in [9.17, 15) is 0 Å². The van der Waals surface area contributed by atoms with Gasteiger partial charge in [0, 0.05) is 63.6 Å². The zero-order chi connectivity index (χ0) is 82.1. The van der Waals surface area contributed by atoms with Crippen molar-refractivity contribution in [3.8, 4) is 101 Å². The minimum absolute atomic E-state index is 0. The fraction of sp³-hybridized carbons (Fsp3) is 0.0909. The van der Waals surface area contributed by atoms with Crippen LogP contribution >= 0.6 is 11.3 Å². The normalized spacial score (nSPS) is 12.3. The number of thiophene rings is 1. The molecule has 0 saturated carbocycles. The zero-order valence-corrected chi connectivity index (χ0v) is 80.2. The van der Waals surface area contributed by atoms with E-state index in [0.29, 0.717) is 26.3 Å². The van der Waals surface area contributed by atoms with Crippen molar-refractivity contribution in [1.29, 1.82) is 0 Å². The Morgan fingerprint density at radius 2 is 0.895 bits per heavy atom. The fourth-order valence-electron chi connectivity index (χ4n) is 18.8. The van der Waals surface area contributed by atoms with Gasteiger partial charge >= 0.3 is 603 Å². The van der Waals surface area contributed by atoms with Crippen molar-refractivity contribution in [3.05, 3.63) is 398 Å². The van der Waals surface area contributed by atoms with Crippen LogP contribution in [-0.2, 0) is 53.3 Å². The Morgan fingerprint density at radius 1 is 0.395 bits per heavy atom. The number of aromatic nitrogens is 8. The third kappa shape index (κ3) is 14.6. The predicted octanol–water partition coefficient (Wildman–Crippen LogP) is 22.7. The Balaban J connectivity index is 0.000000111. The van der Waals surface area contributed by atoms with Gasteiger partial charge in [0.2, 0.25) is 5.52 Å². The number of rotatable bonds is 12. The van der Waals surface area contributed by atoms with E-state index in [4.69, 9.17) is 19.9 Å².